The molecule has 459 valence electrons. The van der Waals surface area contributed by atoms with E-state index in [9.17, 15) is 26.3 Å². The first-order valence-electron chi connectivity index (χ1n) is 29.8. The van der Waals surface area contributed by atoms with Crippen molar-refractivity contribution in [1.29, 1.82) is 0 Å². The molecule has 0 heterocycles. The van der Waals surface area contributed by atoms with Gasteiger partial charge in [-0.3, -0.25) is 0 Å². The van der Waals surface area contributed by atoms with E-state index in [2.05, 4.69) is 171 Å². The Bertz CT molecular complexity index is 4690. The van der Waals surface area contributed by atoms with E-state index in [0.717, 1.165) is 46.0 Å². The summed E-state index contributed by atoms with van der Waals surface area (Å²) in [6, 6.07) is 82.0. The molecule has 0 fully saturated rings. The monoisotopic (exact) mass is 1350 g/mol. The number of hydrogen-bond donors (Lipinski definition) is 0. The summed E-state index contributed by atoms with van der Waals surface area (Å²) in [4.78, 5) is 0. The Morgan fingerprint density at radius 1 is 0.447 bits per heavy atom. The summed E-state index contributed by atoms with van der Waals surface area (Å²) in [5, 5.41) is 3.65. The van der Waals surface area contributed by atoms with Crippen LogP contribution in [0.15, 0.2) is 260 Å². The second-order valence-corrected chi connectivity index (χ2v) is 24.2. The molecule has 12 aromatic rings. The second kappa shape index (κ2) is 30.5. The predicted molar refractivity (Wildman–Crippen MR) is 361 cm³/mol. The maximum Gasteiger partial charge on any atom is 2.00 e. The molecule has 0 bridgehead atoms. The summed E-state index contributed by atoms with van der Waals surface area (Å²) in [6.45, 7) is 4.10. The van der Waals surface area contributed by atoms with Gasteiger partial charge in [-0.2, -0.15) is 6.07 Å². The molecule has 0 atom stereocenters. The number of fused-ring (bicyclic) bond motifs is 2. The third-order valence-corrected chi connectivity index (χ3v) is 18.1. The van der Waals surface area contributed by atoms with Gasteiger partial charge in [0.25, 0.3) is 0 Å². The first-order valence-corrected chi connectivity index (χ1v) is 31.9. The van der Waals surface area contributed by atoms with Gasteiger partial charge in [0.05, 0.1) is 0 Å². The minimum atomic E-state index is -2.42. The van der Waals surface area contributed by atoms with Crippen LogP contribution in [-0.4, -0.2) is 27.0 Å². The molecule has 0 saturated carbocycles. The number of benzene rings is 11. The second-order valence-electron chi connectivity index (χ2n) is 21.8. The van der Waals surface area contributed by atoms with Crippen molar-refractivity contribution in [1.82, 2.24) is 0 Å². The van der Waals surface area contributed by atoms with Gasteiger partial charge in [-0.05, 0) is 17.5 Å². The summed E-state index contributed by atoms with van der Waals surface area (Å²) in [6.07, 6.45) is 6.85. The Balaban J connectivity index is 0.000000175. The van der Waals surface area contributed by atoms with Gasteiger partial charge < -0.3 is 0 Å². The quantitative estimate of drug-likeness (QED) is 0.0205. The van der Waals surface area contributed by atoms with Crippen LogP contribution in [0, 0.1) is 64.2 Å². The fraction of sp³-hybridized carbons (Fsp3) is 0.0494. The zero-order valence-electron chi connectivity index (χ0n) is 50.7. The van der Waals surface area contributed by atoms with Gasteiger partial charge in [-0.15, -0.1) is 63.9 Å². The molecule has 94 heavy (non-hydrogen) atoms. The molecule has 0 aliphatic heterocycles. The number of halogens is 10. The van der Waals surface area contributed by atoms with E-state index in [1.54, 1.807) is 29.9 Å². The van der Waals surface area contributed by atoms with Crippen LogP contribution in [0.1, 0.15) is 57.9 Å². The van der Waals surface area contributed by atoms with Crippen molar-refractivity contribution < 1.29 is 70.1 Å². The largest absolute Gasteiger partial charge is 2.00 e. The van der Waals surface area contributed by atoms with Gasteiger partial charge in [-0.25, -0.2) is 0 Å². The van der Waals surface area contributed by atoms with Crippen LogP contribution < -0.4 is 5.19 Å². The van der Waals surface area contributed by atoms with Crippen LogP contribution in [-0.2, 0) is 32.6 Å². The SMILES string of the molecule is CCc1cc2c(-c3ccccc3)cccc2[cH-]1.[B]=C1C(CC=[Si](C)c2ccccc2)=C(c2c(F)c(F)c(F)c(F)c2F)c2c1ccc(-c1c(F)c(F)c(F)c(F)c1F)c2-c1ccccc1.[C-](=C(C(=Cc1ccccc1)c1ccccc1)c1ccccc1)c1ccccc1.[Zr+2]. The van der Waals surface area contributed by atoms with Gasteiger partial charge in [0, 0.05) is 0 Å². The first kappa shape index (κ1) is 67.3. The Morgan fingerprint density at radius 3 is 1.45 bits per heavy atom. The van der Waals surface area contributed by atoms with Crippen molar-refractivity contribution in [2.45, 2.75) is 26.3 Å². The van der Waals surface area contributed by atoms with E-state index < -0.39 is 88.8 Å². The van der Waals surface area contributed by atoms with Crippen LogP contribution in [0.5, 0.6) is 0 Å². The average molecular weight is 1350 g/mol. The van der Waals surface area contributed by atoms with Crippen LogP contribution in [0.4, 0.5) is 43.9 Å². The molecule has 0 N–H and O–H groups in total. The minimum absolute atomic E-state index is 0. The predicted octanol–water partition coefficient (Wildman–Crippen LogP) is 20.7. The Hall–Kier alpha value is -9.55. The Labute approximate surface area is 561 Å². The molecule has 0 saturated heterocycles. The van der Waals surface area contributed by atoms with Crippen molar-refractivity contribution in [3.05, 3.63) is 369 Å². The average Bonchev–Trinajstić information content (AvgIpc) is 1.52. The number of aryl methyl sites for hydroxylation is 1. The molecule has 0 spiro atoms. The maximum atomic E-state index is 15.7. The van der Waals surface area contributed by atoms with Crippen molar-refractivity contribution in [2.75, 3.05) is 0 Å². The van der Waals surface area contributed by atoms with Gasteiger partial charge >= 0.3 is 296 Å². The van der Waals surface area contributed by atoms with E-state index in [4.69, 9.17) is 7.49 Å². The van der Waals surface area contributed by atoms with E-state index in [1.165, 1.54) is 62.9 Å². The molecule has 0 aromatic heterocycles. The smallest absolute Gasteiger partial charge is 0.123 e. The molecule has 0 nitrogen and oxygen atoms in total. The summed E-state index contributed by atoms with van der Waals surface area (Å²) in [7, 11) is 5.05. The molecular weight excluding hydrogens is 1290 g/mol. The fourth-order valence-corrected chi connectivity index (χ4v) is 12.9. The molecule has 1 aliphatic rings. The maximum absolute atomic E-state index is 15.7. The van der Waals surface area contributed by atoms with Gasteiger partial charge in [0.15, 0.2) is 0 Å². The van der Waals surface area contributed by atoms with Crippen molar-refractivity contribution >= 4 is 65.8 Å². The van der Waals surface area contributed by atoms with Crippen molar-refractivity contribution in [3.8, 4) is 33.4 Å². The van der Waals surface area contributed by atoms with Crippen LogP contribution in [0.25, 0.3) is 66.9 Å². The summed E-state index contributed by atoms with van der Waals surface area (Å²) >= 11 is 0. The van der Waals surface area contributed by atoms with Crippen molar-refractivity contribution in [2.24, 2.45) is 0 Å². The van der Waals surface area contributed by atoms with E-state index in [-0.39, 0.29) is 65.9 Å². The normalized spacial score (nSPS) is 12.2. The van der Waals surface area contributed by atoms with Crippen LogP contribution >= 0.6 is 0 Å². The summed E-state index contributed by atoms with van der Waals surface area (Å²) in [5.74, 6) is -22.6. The Kier molecular flexibility index (Phi) is 21.8. The molecule has 13 rings (SSSR count). The zero-order chi connectivity index (χ0) is 65.3. The molecule has 0 amide bonds. The molecule has 13 heteroatoms. The topological polar surface area (TPSA) is 0 Å². The molecule has 12 aromatic carbocycles. The van der Waals surface area contributed by atoms with Gasteiger partial charge in [-0.1, -0.05) is 181 Å². The van der Waals surface area contributed by atoms with E-state index in [0.29, 0.717) is 0 Å². The van der Waals surface area contributed by atoms with Crippen molar-refractivity contribution in [3.63, 3.8) is 0 Å². The number of allylic oxidation sites excluding steroid dienone is 3. The summed E-state index contributed by atoms with van der Waals surface area (Å²) < 4.78 is 149. The van der Waals surface area contributed by atoms with Crippen LogP contribution in [0.3, 0.4) is 0 Å². The van der Waals surface area contributed by atoms with E-state index >= 15 is 17.6 Å². The van der Waals surface area contributed by atoms with Gasteiger partial charge in [0.1, 0.15) is 0 Å². The third-order valence-electron chi connectivity index (χ3n) is 16.1. The molecule has 0 unspecified atom stereocenters. The van der Waals surface area contributed by atoms with Gasteiger partial charge in [0.2, 0.25) is 0 Å². The van der Waals surface area contributed by atoms with E-state index in [1.807, 2.05) is 49.0 Å². The zero-order valence-corrected chi connectivity index (χ0v) is 54.1. The summed E-state index contributed by atoms with van der Waals surface area (Å²) in [5.41, 5.74) is 7.88. The first-order chi connectivity index (χ1) is 45.1. The minimum Gasteiger partial charge on any atom is -0.123 e. The number of rotatable bonds is 13. The molecular formula is C81H54BF10SiZr. The molecule has 1 aliphatic carbocycles. The molecule has 1 radical (unpaired) electrons. The number of hydrogen-bond acceptors (Lipinski definition) is 0. The third kappa shape index (κ3) is 14.2. The Morgan fingerprint density at radius 2 is 0.904 bits per heavy atom. The standard InChI is InChI=1S/C36H18BF10Si.C28H21.C17H15.Zr/c1-48(17-10-6-3-7-11-17)15-14-20-23(25-29(40)33(44)36(47)34(45)30(25)41)22-19(26(20)37)13-12-18(21(22)16-8-4-2-5-9-16)24-27(38)31(42)35(46)32(43)28(24)39;1-5-13-23(14-6-1)21-27(25-17-9-3-10-18-25)28(26-19-11-4-12-20-26)22-24-15-7-2-8-16-24;1-2-13-11-15-9-6-10-16(17(15)12-13)14-7-4-3-5-8-14;/h2-13,15H,14H2,1H3;1-21H;3-12H,2H2,1H3;/q;2*-1;+2. The fourth-order valence-electron chi connectivity index (χ4n) is 11.4. The van der Waals surface area contributed by atoms with Crippen LogP contribution in [0.2, 0.25) is 6.55 Å².